The van der Waals surface area contributed by atoms with Gasteiger partial charge < -0.3 is 4.57 Å². The van der Waals surface area contributed by atoms with Gasteiger partial charge in [0.25, 0.3) is 0 Å². The molecule has 1 heterocycles. The minimum Gasteiger partial charge on any atom is -0.334 e. The first-order valence-electron chi connectivity index (χ1n) is 5.20. The first kappa shape index (κ1) is 13.6. The lowest BCUT2D eigenvalue weighted by Crippen LogP contribution is -1.82. The van der Waals surface area contributed by atoms with Crippen molar-refractivity contribution in [3.63, 3.8) is 0 Å². The van der Waals surface area contributed by atoms with Gasteiger partial charge in [-0.2, -0.15) is 5.11 Å². The van der Waals surface area contributed by atoms with Gasteiger partial charge in [-0.25, -0.2) is 0 Å². The van der Waals surface area contributed by atoms with Crippen molar-refractivity contribution in [2.24, 2.45) is 17.3 Å². The highest BCUT2D eigenvalue weighted by molar-refractivity contribution is 5.63. The summed E-state index contributed by atoms with van der Waals surface area (Å²) in [5.74, 6) is 0.866. The highest BCUT2D eigenvalue weighted by Gasteiger charge is 2.06. The second-order valence-corrected chi connectivity index (χ2v) is 3.37. The summed E-state index contributed by atoms with van der Waals surface area (Å²) >= 11 is 0. The number of rotatable bonds is 2. The van der Waals surface area contributed by atoms with Crippen LogP contribution in [0.5, 0.6) is 0 Å². The molecule has 84 valence electrons. The Hall–Kier alpha value is -1.38. The molecule has 0 aliphatic rings. The molecule has 3 heteroatoms. The van der Waals surface area contributed by atoms with Gasteiger partial charge in [-0.3, -0.25) is 0 Å². The van der Waals surface area contributed by atoms with Crippen molar-refractivity contribution in [1.82, 2.24) is 4.57 Å². The summed E-state index contributed by atoms with van der Waals surface area (Å²) in [6.07, 6.45) is 5.07. The summed E-state index contributed by atoms with van der Waals surface area (Å²) in [5, 5.41) is 7.76. The molecule has 0 N–H and O–H groups in total. The van der Waals surface area contributed by atoms with Crippen molar-refractivity contribution >= 4 is 11.9 Å². The first-order valence-corrected chi connectivity index (χ1v) is 5.20. The molecule has 0 unspecified atom stereocenters. The highest BCUT2D eigenvalue weighted by Crippen LogP contribution is 2.25. The van der Waals surface area contributed by atoms with Crippen LogP contribution < -0.4 is 0 Å². The summed E-state index contributed by atoms with van der Waals surface area (Å²) < 4.78 is 1.94. The predicted molar refractivity (Wildman–Crippen MR) is 66.6 cm³/mol. The average molecular weight is 207 g/mol. The highest BCUT2D eigenvalue weighted by atomic mass is 15.2. The van der Waals surface area contributed by atoms with Crippen LogP contribution in [0.2, 0.25) is 0 Å². The van der Waals surface area contributed by atoms with Crippen molar-refractivity contribution in [2.75, 3.05) is 7.05 Å². The van der Waals surface area contributed by atoms with Gasteiger partial charge in [0.1, 0.15) is 0 Å². The van der Waals surface area contributed by atoms with Crippen LogP contribution in [0.25, 0.3) is 6.08 Å². The van der Waals surface area contributed by atoms with Crippen LogP contribution in [0.1, 0.15) is 31.4 Å². The van der Waals surface area contributed by atoms with Crippen LogP contribution in [0.3, 0.4) is 0 Å². The summed E-state index contributed by atoms with van der Waals surface area (Å²) in [4.78, 5) is 0. The van der Waals surface area contributed by atoms with Crippen LogP contribution in [-0.2, 0) is 7.05 Å². The lowest BCUT2D eigenvalue weighted by atomic mass is 10.2. The van der Waals surface area contributed by atoms with Crippen LogP contribution >= 0.6 is 0 Å². The summed E-state index contributed by atoms with van der Waals surface area (Å²) in [5.41, 5.74) is 2.23. The van der Waals surface area contributed by atoms with E-state index in [0.717, 1.165) is 11.4 Å². The third-order valence-corrected chi connectivity index (χ3v) is 1.79. The Balaban J connectivity index is 0.000000583. The summed E-state index contributed by atoms with van der Waals surface area (Å²) in [7, 11) is 3.61. The molecule has 1 rings (SSSR count). The molecular weight excluding hydrogens is 186 g/mol. The fourth-order valence-electron chi connectivity index (χ4n) is 1.26. The molecule has 0 spiro atoms. The maximum atomic E-state index is 4.01. The van der Waals surface area contributed by atoms with Gasteiger partial charge in [0.15, 0.2) is 5.82 Å². The Morgan fingerprint density at radius 1 is 1.47 bits per heavy atom. The van der Waals surface area contributed by atoms with Gasteiger partial charge in [0, 0.05) is 25.9 Å². The molecule has 0 amide bonds. The maximum Gasteiger partial charge on any atom is 0.162 e. The van der Waals surface area contributed by atoms with E-state index in [4.69, 9.17) is 0 Å². The molecule has 0 aliphatic carbocycles. The van der Waals surface area contributed by atoms with Crippen molar-refractivity contribution < 1.29 is 0 Å². The molecule has 0 aromatic carbocycles. The van der Waals surface area contributed by atoms with E-state index in [9.17, 15) is 0 Å². The van der Waals surface area contributed by atoms with Crippen molar-refractivity contribution in [3.8, 4) is 0 Å². The van der Waals surface area contributed by atoms with E-state index in [1.165, 1.54) is 12.0 Å². The van der Waals surface area contributed by atoms with Crippen molar-refractivity contribution in [2.45, 2.75) is 27.2 Å². The van der Waals surface area contributed by atoms with Crippen LogP contribution in [0.15, 0.2) is 23.0 Å². The van der Waals surface area contributed by atoms with Crippen LogP contribution in [0, 0.1) is 6.92 Å². The second kappa shape index (κ2) is 6.98. The molecule has 0 saturated heterocycles. The molecule has 0 saturated carbocycles. The average Bonchev–Trinajstić information content (AvgIpc) is 2.43. The number of hydrogen-bond donors (Lipinski definition) is 0. The zero-order valence-electron chi connectivity index (χ0n) is 10.4. The maximum absolute atomic E-state index is 4.01. The van der Waals surface area contributed by atoms with E-state index >= 15 is 0 Å². The molecule has 1 aromatic heterocycles. The minimum atomic E-state index is 0.866. The quantitative estimate of drug-likeness (QED) is 0.653. The number of aromatic nitrogens is 1. The number of nitrogens with zero attached hydrogens (tertiary/aromatic N) is 3. The lowest BCUT2D eigenvalue weighted by Gasteiger charge is -1.95. The van der Waals surface area contributed by atoms with Gasteiger partial charge in [0.2, 0.25) is 0 Å². The summed E-state index contributed by atoms with van der Waals surface area (Å²) in [6, 6.07) is 0. The Labute approximate surface area is 92.5 Å². The van der Waals surface area contributed by atoms with E-state index in [1.807, 2.05) is 24.7 Å². The van der Waals surface area contributed by atoms with E-state index in [-0.39, 0.29) is 0 Å². The largest absolute Gasteiger partial charge is 0.334 e. The molecule has 0 aliphatic heterocycles. The number of hydrogen-bond acceptors (Lipinski definition) is 2. The predicted octanol–water partition coefficient (Wildman–Crippen LogP) is 4.11. The van der Waals surface area contributed by atoms with Crippen molar-refractivity contribution in [3.05, 3.63) is 23.9 Å². The van der Waals surface area contributed by atoms with Crippen molar-refractivity contribution in [1.29, 1.82) is 0 Å². The van der Waals surface area contributed by atoms with E-state index < -0.39 is 0 Å². The summed E-state index contributed by atoms with van der Waals surface area (Å²) in [6.45, 7) is 10.0. The SMILES string of the molecule is C=Cc1c(C)cn(C)c1N=NC.CCC. The lowest BCUT2D eigenvalue weighted by molar-refractivity contribution is 0.902. The normalized spacial score (nSPS) is 9.93. The fourth-order valence-corrected chi connectivity index (χ4v) is 1.26. The van der Waals surface area contributed by atoms with E-state index in [2.05, 4.69) is 30.7 Å². The number of azo groups is 1. The van der Waals surface area contributed by atoms with Crippen LogP contribution in [-0.4, -0.2) is 11.6 Å². The molecule has 0 bridgehead atoms. The fraction of sp³-hybridized carbons (Fsp3) is 0.500. The smallest absolute Gasteiger partial charge is 0.162 e. The Morgan fingerprint density at radius 3 is 2.40 bits per heavy atom. The van der Waals surface area contributed by atoms with Crippen LogP contribution in [0.4, 0.5) is 5.82 Å². The van der Waals surface area contributed by atoms with Gasteiger partial charge in [0.05, 0.1) is 0 Å². The molecule has 1 aromatic rings. The minimum absolute atomic E-state index is 0.866. The molecular formula is C12H21N3. The zero-order chi connectivity index (χ0) is 11.8. The Kier molecular flexibility index (Phi) is 6.34. The zero-order valence-corrected chi connectivity index (χ0v) is 10.4. The third kappa shape index (κ3) is 3.70. The van der Waals surface area contributed by atoms with E-state index in [1.54, 1.807) is 13.1 Å². The molecule has 15 heavy (non-hydrogen) atoms. The number of aryl methyl sites for hydroxylation is 2. The van der Waals surface area contributed by atoms with Gasteiger partial charge in [-0.1, -0.05) is 32.9 Å². The van der Waals surface area contributed by atoms with Gasteiger partial charge >= 0.3 is 0 Å². The molecule has 3 nitrogen and oxygen atoms in total. The Morgan fingerprint density at radius 2 is 2.00 bits per heavy atom. The molecule has 0 atom stereocenters. The van der Waals surface area contributed by atoms with Gasteiger partial charge in [-0.15, -0.1) is 5.11 Å². The van der Waals surface area contributed by atoms with E-state index in [0.29, 0.717) is 0 Å². The van der Waals surface area contributed by atoms with Gasteiger partial charge in [-0.05, 0) is 12.5 Å². The standard InChI is InChI=1S/C9H13N3.C3H8/c1-5-8-7(2)6-12(4)9(8)11-10-3;1-3-2/h5-6H,1H2,2-4H3;3H2,1-2H3. The third-order valence-electron chi connectivity index (χ3n) is 1.79. The molecule has 0 radical (unpaired) electrons. The Bertz CT molecular complexity index is 335. The second-order valence-electron chi connectivity index (χ2n) is 3.37. The monoisotopic (exact) mass is 207 g/mol. The topological polar surface area (TPSA) is 29.6 Å². The first-order chi connectivity index (χ1) is 7.12. The molecule has 0 fully saturated rings.